The lowest BCUT2D eigenvalue weighted by molar-refractivity contribution is -0.192. The molecule has 1 aromatic rings. The first-order valence-electron chi connectivity index (χ1n) is 10.6. The monoisotopic (exact) mass is 482 g/mol. The van der Waals surface area contributed by atoms with Crippen molar-refractivity contribution in [2.24, 2.45) is 11.8 Å². The summed E-state index contributed by atoms with van der Waals surface area (Å²) < 4.78 is 31.7. The average molecular weight is 482 g/mol. The molecule has 0 bridgehead atoms. The molecule has 5 rings (SSSR count). The molecule has 0 saturated carbocycles. The number of carboxylic acid groups (broad SMARTS) is 1. The molecule has 0 aliphatic carbocycles. The molecule has 3 unspecified atom stereocenters. The minimum atomic E-state index is -5.08. The maximum Gasteiger partial charge on any atom is 0.490 e. The Bertz CT molecular complexity index is 1060. The number of nitrogens with one attached hydrogen (secondary N) is 2. The van der Waals surface area contributed by atoms with Crippen LogP contribution in [0.1, 0.15) is 33.6 Å². The van der Waals surface area contributed by atoms with Crippen LogP contribution in [-0.2, 0) is 14.4 Å². The summed E-state index contributed by atoms with van der Waals surface area (Å²) in [7, 11) is 0. The summed E-state index contributed by atoms with van der Waals surface area (Å²) in [5, 5.41) is 12.7. The highest BCUT2D eigenvalue weighted by Crippen LogP contribution is 2.34. The molecule has 1 aromatic carbocycles. The second kappa shape index (κ2) is 8.70. The Balaban J connectivity index is 0.000000344. The molecular weight excluding hydrogens is 461 g/mol. The molecule has 0 spiro atoms. The molecule has 4 aliphatic heterocycles. The molecule has 4 amide bonds. The Morgan fingerprint density at radius 1 is 1.00 bits per heavy atom. The molecule has 182 valence electrons. The SMILES string of the molecule is O=C(O)C(F)(F)F.O=C1CCC(N2C(=O)c3ccc(N4CC5CNCC5C4)cc3C2=O)C(=O)N1. The van der Waals surface area contributed by atoms with Gasteiger partial charge in [-0.05, 0) is 36.5 Å². The molecule has 4 heterocycles. The Hall–Kier alpha value is -3.48. The van der Waals surface area contributed by atoms with Crippen molar-refractivity contribution in [3.63, 3.8) is 0 Å². The van der Waals surface area contributed by atoms with Crippen LogP contribution in [0.3, 0.4) is 0 Å². The lowest BCUT2D eigenvalue weighted by atomic mass is 10.0. The Kier molecular flexibility index (Phi) is 6.06. The van der Waals surface area contributed by atoms with Gasteiger partial charge >= 0.3 is 12.1 Å². The van der Waals surface area contributed by atoms with E-state index >= 15 is 0 Å². The number of carboxylic acids is 1. The Morgan fingerprint density at radius 2 is 1.59 bits per heavy atom. The van der Waals surface area contributed by atoms with Crippen molar-refractivity contribution in [2.45, 2.75) is 25.1 Å². The van der Waals surface area contributed by atoms with Crippen LogP contribution in [-0.4, -0.2) is 78.0 Å². The predicted molar refractivity (Wildman–Crippen MR) is 109 cm³/mol. The number of carbonyl (C=O) groups is 5. The second-order valence-corrected chi connectivity index (χ2v) is 8.56. The van der Waals surface area contributed by atoms with Crippen molar-refractivity contribution in [1.29, 1.82) is 0 Å². The summed E-state index contributed by atoms with van der Waals surface area (Å²) in [4.78, 5) is 61.3. The van der Waals surface area contributed by atoms with E-state index in [-0.39, 0.29) is 18.7 Å². The molecule has 10 nitrogen and oxygen atoms in total. The minimum absolute atomic E-state index is 0.125. The van der Waals surface area contributed by atoms with Crippen molar-refractivity contribution in [3.05, 3.63) is 29.3 Å². The summed E-state index contributed by atoms with van der Waals surface area (Å²) in [6.45, 7) is 3.92. The predicted octanol–water partition coefficient (Wildman–Crippen LogP) is 0.377. The van der Waals surface area contributed by atoms with Crippen LogP contribution in [0.2, 0.25) is 0 Å². The van der Waals surface area contributed by atoms with Gasteiger partial charge in [-0.2, -0.15) is 13.2 Å². The van der Waals surface area contributed by atoms with Gasteiger partial charge in [0, 0.05) is 38.3 Å². The lowest BCUT2D eigenvalue weighted by Gasteiger charge is -2.27. The third kappa shape index (κ3) is 4.34. The number of aliphatic carboxylic acids is 1. The molecule has 13 heteroatoms. The first kappa shape index (κ1) is 23.7. The van der Waals surface area contributed by atoms with Crippen LogP contribution in [0.5, 0.6) is 0 Å². The van der Waals surface area contributed by atoms with E-state index in [9.17, 15) is 32.3 Å². The zero-order valence-corrected chi connectivity index (χ0v) is 17.7. The average Bonchev–Trinajstić information content (AvgIpc) is 3.42. The van der Waals surface area contributed by atoms with Crippen LogP contribution in [0, 0.1) is 11.8 Å². The number of hydrogen-bond donors (Lipinski definition) is 3. The largest absolute Gasteiger partial charge is 0.490 e. The molecule has 0 radical (unpaired) electrons. The molecule has 3 atom stereocenters. The van der Waals surface area contributed by atoms with E-state index in [1.54, 1.807) is 12.1 Å². The van der Waals surface area contributed by atoms with Gasteiger partial charge in [-0.15, -0.1) is 0 Å². The van der Waals surface area contributed by atoms with Crippen LogP contribution in [0.4, 0.5) is 18.9 Å². The number of nitrogens with zero attached hydrogens (tertiary/aromatic N) is 2. The third-order valence-electron chi connectivity index (χ3n) is 6.42. The minimum Gasteiger partial charge on any atom is -0.475 e. The van der Waals surface area contributed by atoms with Gasteiger partial charge in [0.15, 0.2) is 0 Å². The standard InChI is InChI=1S/C19H20N4O4.C2HF3O2/c24-16-4-3-15(17(25)21-16)23-18(26)13-2-1-12(5-14(13)19(23)27)22-8-10-6-20-7-11(10)9-22;3-2(4,5)1(6)7/h1-2,5,10-11,15,20H,3-4,6-9H2,(H,21,24,25);(H,6,7). The maximum atomic E-state index is 12.9. The number of anilines is 1. The van der Waals surface area contributed by atoms with Crippen molar-refractivity contribution in [1.82, 2.24) is 15.5 Å². The number of imide groups is 2. The molecule has 3 fully saturated rings. The third-order valence-corrected chi connectivity index (χ3v) is 6.42. The molecular formula is C21H21F3N4O6. The summed E-state index contributed by atoms with van der Waals surface area (Å²) in [6.07, 6.45) is -4.79. The lowest BCUT2D eigenvalue weighted by Crippen LogP contribution is -2.54. The van der Waals surface area contributed by atoms with Gasteiger partial charge in [-0.25, -0.2) is 4.79 Å². The summed E-state index contributed by atoms with van der Waals surface area (Å²) in [5.41, 5.74) is 1.61. The number of piperidine rings is 1. The molecule has 4 aliphatic rings. The second-order valence-electron chi connectivity index (χ2n) is 8.56. The number of alkyl halides is 3. The van der Waals surface area contributed by atoms with Gasteiger partial charge in [0.25, 0.3) is 11.8 Å². The van der Waals surface area contributed by atoms with Crippen LogP contribution >= 0.6 is 0 Å². The number of fused-ring (bicyclic) bond motifs is 2. The van der Waals surface area contributed by atoms with E-state index in [0.717, 1.165) is 36.8 Å². The van der Waals surface area contributed by atoms with E-state index < -0.39 is 35.9 Å². The van der Waals surface area contributed by atoms with Crippen molar-refractivity contribution >= 4 is 35.3 Å². The van der Waals surface area contributed by atoms with Crippen LogP contribution in [0.15, 0.2) is 18.2 Å². The van der Waals surface area contributed by atoms with Gasteiger partial charge in [-0.3, -0.25) is 29.4 Å². The normalized spacial score (nSPS) is 26.1. The quantitative estimate of drug-likeness (QED) is 0.515. The van der Waals surface area contributed by atoms with Crippen LogP contribution in [0.25, 0.3) is 0 Å². The first-order chi connectivity index (χ1) is 16.0. The zero-order chi connectivity index (χ0) is 24.8. The van der Waals surface area contributed by atoms with Crippen molar-refractivity contribution in [3.8, 4) is 0 Å². The number of hydrogen-bond acceptors (Lipinski definition) is 7. The maximum absolute atomic E-state index is 12.9. The van der Waals surface area contributed by atoms with E-state index in [4.69, 9.17) is 9.90 Å². The topological polar surface area (TPSA) is 136 Å². The van der Waals surface area contributed by atoms with E-state index in [2.05, 4.69) is 15.5 Å². The highest BCUT2D eigenvalue weighted by atomic mass is 19.4. The summed E-state index contributed by atoms with van der Waals surface area (Å²) in [6, 6.07) is 4.42. The van der Waals surface area contributed by atoms with Crippen molar-refractivity contribution in [2.75, 3.05) is 31.1 Å². The zero-order valence-electron chi connectivity index (χ0n) is 17.7. The summed E-state index contributed by atoms with van der Waals surface area (Å²) >= 11 is 0. The fourth-order valence-corrected chi connectivity index (χ4v) is 4.72. The number of rotatable bonds is 2. The fourth-order valence-electron chi connectivity index (χ4n) is 4.72. The van der Waals surface area contributed by atoms with E-state index in [1.807, 2.05) is 6.07 Å². The molecule has 3 saturated heterocycles. The fraction of sp³-hybridized carbons (Fsp3) is 0.476. The number of benzene rings is 1. The molecule has 34 heavy (non-hydrogen) atoms. The molecule has 3 N–H and O–H groups in total. The Morgan fingerprint density at radius 3 is 2.15 bits per heavy atom. The smallest absolute Gasteiger partial charge is 0.475 e. The van der Waals surface area contributed by atoms with Gasteiger partial charge in [0.1, 0.15) is 6.04 Å². The van der Waals surface area contributed by atoms with Gasteiger partial charge in [-0.1, -0.05) is 0 Å². The number of amides is 4. The van der Waals surface area contributed by atoms with Crippen LogP contribution < -0.4 is 15.5 Å². The van der Waals surface area contributed by atoms with E-state index in [1.165, 1.54) is 0 Å². The highest BCUT2D eigenvalue weighted by molar-refractivity contribution is 6.23. The number of halogens is 3. The van der Waals surface area contributed by atoms with Gasteiger partial charge in [0.2, 0.25) is 11.8 Å². The van der Waals surface area contributed by atoms with Gasteiger partial charge in [0.05, 0.1) is 11.1 Å². The number of carbonyl (C=O) groups excluding carboxylic acids is 4. The highest BCUT2D eigenvalue weighted by Gasteiger charge is 2.45. The first-order valence-corrected chi connectivity index (χ1v) is 10.6. The van der Waals surface area contributed by atoms with Crippen molar-refractivity contribution < 1.29 is 42.3 Å². The molecule has 0 aromatic heterocycles. The van der Waals surface area contributed by atoms with Gasteiger partial charge < -0.3 is 15.3 Å². The van der Waals surface area contributed by atoms with E-state index in [0.29, 0.717) is 23.0 Å². The Labute approximate surface area is 191 Å². The summed E-state index contributed by atoms with van der Waals surface area (Å²) in [5.74, 6) is -3.38.